The quantitative estimate of drug-likeness (QED) is 0.416. The van der Waals surface area contributed by atoms with Crippen LogP contribution in [0.2, 0.25) is 5.02 Å². The Labute approximate surface area is 184 Å². The second-order valence-corrected chi connectivity index (χ2v) is 8.37. The largest absolute Gasteiger partial charge is 0.338 e. The van der Waals surface area contributed by atoms with Crippen LogP contribution in [0.5, 0.6) is 0 Å². The standard InChI is InChI=1S/C25H27ClN2S/c1-18(2)21-11-9-20(10-12-21)17-28(19(3)22-7-5-4-6-8-22)25(29)27-24-15-13-23(26)14-16-24/h4-16,18-19H,17H2,1-3H3,(H,27,29). The van der Waals surface area contributed by atoms with E-state index in [1.54, 1.807) is 0 Å². The van der Waals surface area contributed by atoms with Crippen LogP contribution in [0.15, 0.2) is 78.9 Å². The Hall–Kier alpha value is -2.36. The summed E-state index contributed by atoms with van der Waals surface area (Å²) in [6.45, 7) is 7.34. The lowest BCUT2D eigenvalue weighted by atomic mass is 10.0. The summed E-state index contributed by atoms with van der Waals surface area (Å²) in [6.07, 6.45) is 0. The fourth-order valence-corrected chi connectivity index (χ4v) is 3.70. The van der Waals surface area contributed by atoms with Crippen LogP contribution < -0.4 is 5.32 Å². The molecule has 3 aromatic carbocycles. The van der Waals surface area contributed by atoms with Gasteiger partial charge in [-0.25, -0.2) is 0 Å². The summed E-state index contributed by atoms with van der Waals surface area (Å²) >= 11 is 11.8. The molecule has 0 bridgehead atoms. The molecule has 0 amide bonds. The minimum Gasteiger partial charge on any atom is -0.338 e. The second-order valence-electron chi connectivity index (χ2n) is 7.55. The van der Waals surface area contributed by atoms with Crippen LogP contribution >= 0.6 is 23.8 Å². The van der Waals surface area contributed by atoms with Crippen molar-refractivity contribution in [3.8, 4) is 0 Å². The van der Waals surface area contributed by atoms with E-state index in [4.69, 9.17) is 23.8 Å². The van der Waals surface area contributed by atoms with Gasteiger partial charge in [-0.15, -0.1) is 0 Å². The molecule has 1 atom stereocenters. The maximum absolute atomic E-state index is 6.01. The summed E-state index contributed by atoms with van der Waals surface area (Å²) in [5.41, 5.74) is 4.74. The number of anilines is 1. The van der Waals surface area contributed by atoms with E-state index in [0.29, 0.717) is 16.1 Å². The lowest BCUT2D eigenvalue weighted by Gasteiger charge is -2.32. The first-order chi connectivity index (χ1) is 13.9. The number of hydrogen-bond donors (Lipinski definition) is 1. The van der Waals surface area contributed by atoms with Gasteiger partial charge < -0.3 is 10.2 Å². The number of thiocarbonyl (C=S) groups is 1. The summed E-state index contributed by atoms with van der Waals surface area (Å²) in [4.78, 5) is 2.23. The van der Waals surface area contributed by atoms with E-state index in [1.165, 1.54) is 16.7 Å². The smallest absolute Gasteiger partial charge is 0.174 e. The molecule has 0 aliphatic heterocycles. The van der Waals surface area contributed by atoms with Crippen LogP contribution in [-0.4, -0.2) is 10.0 Å². The highest BCUT2D eigenvalue weighted by molar-refractivity contribution is 7.80. The maximum atomic E-state index is 6.01. The van der Waals surface area contributed by atoms with Crippen molar-refractivity contribution in [2.45, 2.75) is 39.3 Å². The fraction of sp³-hybridized carbons (Fsp3) is 0.240. The van der Waals surface area contributed by atoms with Gasteiger partial charge in [0.05, 0.1) is 6.04 Å². The number of halogens is 1. The van der Waals surface area contributed by atoms with Crippen molar-refractivity contribution in [3.05, 3.63) is 101 Å². The molecule has 0 radical (unpaired) electrons. The third-order valence-electron chi connectivity index (χ3n) is 5.11. The molecule has 4 heteroatoms. The molecule has 150 valence electrons. The van der Waals surface area contributed by atoms with Crippen LogP contribution in [-0.2, 0) is 6.54 Å². The van der Waals surface area contributed by atoms with Crippen molar-refractivity contribution in [2.75, 3.05) is 5.32 Å². The van der Waals surface area contributed by atoms with Crippen LogP contribution in [0.25, 0.3) is 0 Å². The number of rotatable bonds is 6. The van der Waals surface area contributed by atoms with Crippen molar-refractivity contribution < 1.29 is 0 Å². The summed E-state index contributed by atoms with van der Waals surface area (Å²) < 4.78 is 0. The molecule has 0 aliphatic carbocycles. The fourth-order valence-electron chi connectivity index (χ4n) is 3.23. The van der Waals surface area contributed by atoms with E-state index >= 15 is 0 Å². The summed E-state index contributed by atoms with van der Waals surface area (Å²) in [6, 6.07) is 27.0. The second kappa shape index (κ2) is 9.91. The van der Waals surface area contributed by atoms with E-state index in [1.807, 2.05) is 30.3 Å². The Morgan fingerprint density at radius 2 is 1.48 bits per heavy atom. The molecule has 0 saturated carbocycles. The zero-order chi connectivity index (χ0) is 20.8. The zero-order valence-electron chi connectivity index (χ0n) is 17.1. The Morgan fingerprint density at radius 1 is 0.862 bits per heavy atom. The molecular formula is C25H27ClN2S. The minimum atomic E-state index is 0.133. The molecule has 0 aromatic heterocycles. The van der Waals surface area contributed by atoms with Gasteiger partial charge >= 0.3 is 0 Å². The minimum absolute atomic E-state index is 0.133. The van der Waals surface area contributed by atoms with Gasteiger partial charge in [-0.05, 0) is 66.0 Å². The van der Waals surface area contributed by atoms with Crippen molar-refractivity contribution >= 4 is 34.6 Å². The third-order valence-corrected chi connectivity index (χ3v) is 5.69. The highest BCUT2D eigenvalue weighted by Gasteiger charge is 2.19. The number of nitrogens with zero attached hydrogens (tertiary/aromatic N) is 1. The first-order valence-corrected chi connectivity index (χ1v) is 10.7. The first-order valence-electron chi connectivity index (χ1n) is 9.91. The molecule has 3 rings (SSSR count). The van der Waals surface area contributed by atoms with Crippen molar-refractivity contribution in [3.63, 3.8) is 0 Å². The van der Waals surface area contributed by atoms with Crippen LogP contribution in [0.1, 0.15) is 49.4 Å². The lowest BCUT2D eigenvalue weighted by molar-refractivity contribution is 0.334. The molecule has 0 spiro atoms. The molecule has 2 nitrogen and oxygen atoms in total. The molecule has 3 aromatic rings. The Balaban J connectivity index is 1.84. The van der Waals surface area contributed by atoms with Crippen molar-refractivity contribution in [1.29, 1.82) is 0 Å². The molecule has 29 heavy (non-hydrogen) atoms. The van der Waals surface area contributed by atoms with E-state index in [2.05, 4.69) is 79.5 Å². The molecule has 1 unspecified atom stereocenters. The normalized spacial score (nSPS) is 11.9. The Bertz CT molecular complexity index is 921. The average molecular weight is 423 g/mol. The molecule has 0 saturated heterocycles. The number of hydrogen-bond acceptors (Lipinski definition) is 1. The molecule has 0 fully saturated rings. The first kappa shape index (κ1) is 21.4. The molecule has 0 aliphatic rings. The summed E-state index contributed by atoms with van der Waals surface area (Å²) in [5, 5.41) is 4.77. The van der Waals surface area contributed by atoms with Crippen LogP contribution in [0.3, 0.4) is 0 Å². The van der Waals surface area contributed by atoms with Gasteiger partial charge in [0, 0.05) is 17.3 Å². The Morgan fingerprint density at radius 3 is 2.07 bits per heavy atom. The SMILES string of the molecule is CC(C)c1ccc(CN(C(=S)Nc2ccc(Cl)cc2)C(C)c2ccccc2)cc1. The van der Waals surface area contributed by atoms with Crippen LogP contribution in [0, 0.1) is 0 Å². The summed E-state index contributed by atoms with van der Waals surface area (Å²) in [5.74, 6) is 0.524. The molecule has 1 N–H and O–H groups in total. The van der Waals surface area contributed by atoms with Gasteiger partial charge in [-0.3, -0.25) is 0 Å². The predicted octanol–water partition coefficient (Wildman–Crippen LogP) is 7.42. The Kier molecular flexibility index (Phi) is 7.29. The van der Waals surface area contributed by atoms with Gasteiger partial charge in [0.2, 0.25) is 0 Å². The van der Waals surface area contributed by atoms with Gasteiger partial charge in [0.15, 0.2) is 5.11 Å². The summed E-state index contributed by atoms with van der Waals surface area (Å²) in [7, 11) is 0. The average Bonchev–Trinajstić information content (AvgIpc) is 2.74. The van der Waals surface area contributed by atoms with Crippen LogP contribution in [0.4, 0.5) is 5.69 Å². The van der Waals surface area contributed by atoms with E-state index in [0.717, 1.165) is 12.2 Å². The monoisotopic (exact) mass is 422 g/mol. The third kappa shape index (κ3) is 5.81. The van der Waals surface area contributed by atoms with E-state index < -0.39 is 0 Å². The topological polar surface area (TPSA) is 15.3 Å². The molecule has 0 heterocycles. The van der Waals surface area contributed by atoms with E-state index in [9.17, 15) is 0 Å². The number of nitrogens with one attached hydrogen (secondary N) is 1. The van der Waals surface area contributed by atoms with Gasteiger partial charge in [0.1, 0.15) is 0 Å². The highest BCUT2D eigenvalue weighted by atomic mass is 35.5. The van der Waals surface area contributed by atoms with Gasteiger partial charge in [0.25, 0.3) is 0 Å². The lowest BCUT2D eigenvalue weighted by Crippen LogP contribution is -2.36. The van der Waals surface area contributed by atoms with Gasteiger partial charge in [-0.2, -0.15) is 0 Å². The van der Waals surface area contributed by atoms with Gasteiger partial charge in [-0.1, -0.05) is 80.0 Å². The highest BCUT2D eigenvalue weighted by Crippen LogP contribution is 2.25. The van der Waals surface area contributed by atoms with Crippen molar-refractivity contribution in [2.24, 2.45) is 0 Å². The number of benzene rings is 3. The predicted molar refractivity (Wildman–Crippen MR) is 129 cm³/mol. The molecular weight excluding hydrogens is 396 g/mol. The zero-order valence-corrected chi connectivity index (χ0v) is 18.7. The van der Waals surface area contributed by atoms with Crippen molar-refractivity contribution in [1.82, 2.24) is 4.90 Å². The maximum Gasteiger partial charge on any atom is 0.174 e. The van der Waals surface area contributed by atoms with E-state index in [-0.39, 0.29) is 6.04 Å².